The zero-order valence-corrected chi connectivity index (χ0v) is 8.95. The average Bonchev–Trinajstić information content (AvgIpc) is 2.74. The van der Waals surface area contributed by atoms with Crippen molar-refractivity contribution in [3.05, 3.63) is 59.0 Å². The monoisotopic (exact) mass is 221 g/mol. The van der Waals surface area contributed by atoms with Crippen LogP contribution < -0.4 is 5.73 Å². The highest BCUT2D eigenvalue weighted by Crippen LogP contribution is 2.21. The Balaban J connectivity index is 2.13. The fourth-order valence-electron chi connectivity index (χ4n) is 1.50. The standard InChI is InChI=1S/C12H12ClNO/c13-11-4-2-1-3-9(11)7-12(14)10-5-6-15-8-10/h1-6,8,12H,7,14H2. The van der Waals surface area contributed by atoms with Gasteiger partial charge in [0.2, 0.25) is 0 Å². The summed E-state index contributed by atoms with van der Waals surface area (Å²) in [7, 11) is 0. The Bertz CT molecular complexity index is 425. The summed E-state index contributed by atoms with van der Waals surface area (Å²) in [5.41, 5.74) is 8.08. The molecule has 0 amide bonds. The molecule has 2 nitrogen and oxygen atoms in total. The minimum absolute atomic E-state index is 0.0661. The Hall–Kier alpha value is -1.25. The molecule has 0 fully saturated rings. The van der Waals surface area contributed by atoms with Crippen molar-refractivity contribution in [2.24, 2.45) is 5.73 Å². The van der Waals surface area contributed by atoms with Gasteiger partial charge in [0.25, 0.3) is 0 Å². The summed E-state index contributed by atoms with van der Waals surface area (Å²) in [4.78, 5) is 0. The van der Waals surface area contributed by atoms with Crippen LogP contribution in [0, 0.1) is 0 Å². The topological polar surface area (TPSA) is 39.2 Å². The van der Waals surface area contributed by atoms with E-state index in [0.29, 0.717) is 0 Å². The molecule has 0 saturated heterocycles. The van der Waals surface area contributed by atoms with E-state index in [-0.39, 0.29) is 6.04 Å². The fourth-order valence-corrected chi connectivity index (χ4v) is 1.72. The van der Waals surface area contributed by atoms with E-state index in [1.807, 2.05) is 30.3 Å². The third-order valence-corrected chi connectivity index (χ3v) is 2.74. The maximum atomic E-state index is 6.05. The number of rotatable bonds is 3. The first-order valence-corrected chi connectivity index (χ1v) is 5.16. The number of furan rings is 1. The lowest BCUT2D eigenvalue weighted by Crippen LogP contribution is -2.12. The van der Waals surface area contributed by atoms with E-state index >= 15 is 0 Å². The molecule has 0 aliphatic rings. The summed E-state index contributed by atoms with van der Waals surface area (Å²) in [5, 5.41) is 0.761. The molecule has 78 valence electrons. The third kappa shape index (κ3) is 2.41. The number of nitrogens with two attached hydrogens (primary N) is 1. The molecule has 0 radical (unpaired) electrons. The van der Waals surface area contributed by atoms with Gasteiger partial charge in [0.15, 0.2) is 0 Å². The van der Waals surface area contributed by atoms with Gasteiger partial charge < -0.3 is 10.2 Å². The molecule has 0 spiro atoms. The Kier molecular flexibility index (Phi) is 3.09. The smallest absolute Gasteiger partial charge is 0.0950 e. The summed E-state index contributed by atoms with van der Waals surface area (Å²) >= 11 is 6.05. The van der Waals surface area contributed by atoms with Crippen LogP contribution in [0.5, 0.6) is 0 Å². The molecule has 1 atom stereocenters. The van der Waals surface area contributed by atoms with Crippen LogP contribution in [-0.2, 0) is 6.42 Å². The molecule has 15 heavy (non-hydrogen) atoms. The molecule has 2 N–H and O–H groups in total. The zero-order valence-electron chi connectivity index (χ0n) is 8.19. The maximum Gasteiger partial charge on any atom is 0.0950 e. The molecule has 1 aromatic heterocycles. The van der Waals surface area contributed by atoms with Crippen molar-refractivity contribution in [3.8, 4) is 0 Å². The largest absolute Gasteiger partial charge is 0.472 e. The first-order chi connectivity index (χ1) is 7.27. The third-order valence-electron chi connectivity index (χ3n) is 2.37. The molecule has 2 aromatic rings. The molecule has 0 aliphatic carbocycles. The molecule has 1 aromatic carbocycles. The van der Waals surface area contributed by atoms with Crippen LogP contribution in [0.1, 0.15) is 17.2 Å². The molecule has 3 heteroatoms. The molecule has 1 heterocycles. The van der Waals surface area contributed by atoms with Crippen LogP contribution in [0.4, 0.5) is 0 Å². The molecular formula is C12H12ClNO. The first-order valence-electron chi connectivity index (χ1n) is 4.78. The lowest BCUT2D eigenvalue weighted by atomic mass is 10.0. The van der Waals surface area contributed by atoms with Crippen LogP contribution in [-0.4, -0.2) is 0 Å². The summed E-state index contributed by atoms with van der Waals surface area (Å²) in [5.74, 6) is 0. The van der Waals surface area contributed by atoms with Gasteiger partial charge in [-0.2, -0.15) is 0 Å². The van der Waals surface area contributed by atoms with Gasteiger partial charge in [-0.1, -0.05) is 29.8 Å². The molecule has 0 aliphatic heterocycles. The summed E-state index contributed by atoms with van der Waals surface area (Å²) < 4.78 is 4.99. The van der Waals surface area contributed by atoms with Gasteiger partial charge in [-0.05, 0) is 24.1 Å². The van der Waals surface area contributed by atoms with E-state index in [4.69, 9.17) is 21.8 Å². The van der Waals surface area contributed by atoms with Crippen LogP contribution in [0.2, 0.25) is 5.02 Å². The Morgan fingerprint density at radius 3 is 2.73 bits per heavy atom. The van der Waals surface area contributed by atoms with E-state index in [9.17, 15) is 0 Å². The van der Waals surface area contributed by atoms with Crippen molar-refractivity contribution < 1.29 is 4.42 Å². The number of halogens is 1. The minimum Gasteiger partial charge on any atom is -0.472 e. The van der Waals surface area contributed by atoms with E-state index in [1.54, 1.807) is 12.5 Å². The minimum atomic E-state index is -0.0661. The number of benzene rings is 1. The molecule has 1 unspecified atom stereocenters. The van der Waals surface area contributed by atoms with Crippen LogP contribution in [0.15, 0.2) is 47.3 Å². The second kappa shape index (κ2) is 4.51. The molecule has 0 bridgehead atoms. The van der Waals surface area contributed by atoms with Crippen molar-refractivity contribution in [3.63, 3.8) is 0 Å². The normalized spacial score (nSPS) is 12.7. The van der Waals surface area contributed by atoms with Crippen molar-refractivity contribution in [2.45, 2.75) is 12.5 Å². The van der Waals surface area contributed by atoms with Gasteiger partial charge >= 0.3 is 0 Å². The summed E-state index contributed by atoms with van der Waals surface area (Å²) in [6, 6.07) is 9.55. The maximum absolute atomic E-state index is 6.05. The van der Waals surface area contributed by atoms with Gasteiger partial charge in [0.05, 0.1) is 12.5 Å². The second-order valence-electron chi connectivity index (χ2n) is 3.46. The van der Waals surface area contributed by atoms with E-state index in [0.717, 1.165) is 22.6 Å². The Labute approximate surface area is 93.7 Å². The first kappa shape index (κ1) is 10.3. The fraction of sp³-hybridized carbons (Fsp3) is 0.167. The van der Waals surface area contributed by atoms with Crippen molar-refractivity contribution in [1.29, 1.82) is 0 Å². The van der Waals surface area contributed by atoms with E-state index in [2.05, 4.69) is 0 Å². The van der Waals surface area contributed by atoms with Crippen LogP contribution >= 0.6 is 11.6 Å². The van der Waals surface area contributed by atoms with Crippen LogP contribution in [0.25, 0.3) is 0 Å². The zero-order chi connectivity index (χ0) is 10.7. The number of hydrogen-bond acceptors (Lipinski definition) is 2. The Morgan fingerprint density at radius 2 is 2.07 bits per heavy atom. The van der Waals surface area contributed by atoms with Gasteiger partial charge in [-0.3, -0.25) is 0 Å². The highest BCUT2D eigenvalue weighted by atomic mass is 35.5. The molecule has 0 saturated carbocycles. The van der Waals surface area contributed by atoms with Crippen molar-refractivity contribution >= 4 is 11.6 Å². The van der Waals surface area contributed by atoms with E-state index in [1.165, 1.54) is 0 Å². The molecule has 2 rings (SSSR count). The highest BCUT2D eigenvalue weighted by Gasteiger charge is 2.09. The predicted octanol–water partition coefficient (Wildman–Crippen LogP) is 3.18. The lowest BCUT2D eigenvalue weighted by molar-refractivity contribution is 0.558. The van der Waals surface area contributed by atoms with E-state index < -0.39 is 0 Å². The predicted molar refractivity (Wildman–Crippen MR) is 60.8 cm³/mol. The summed E-state index contributed by atoms with van der Waals surface area (Å²) in [6.07, 6.45) is 4.02. The van der Waals surface area contributed by atoms with Crippen LogP contribution in [0.3, 0.4) is 0 Å². The summed E-state index contributed by atoms with van der Waals surface area (Å²) in [6.45, 7) is 0. The van der Waals surface area contributed by atoms with Crippen molar-refractivity contribution in [2.75, 3.05) is 0 Å². The van der Waals surface area contributed by atoms with Gasteiger partial charge in [-0.15, -0.1) is 0 Å². The SMILES string of the molecule is NC(Cc1ccccc1Cl)c1ccoc1. The van der Waals surface area contributed by atoms with Gasteiger partial charge in [0.1, 0.15) is 0 Å². The average molecular weight is 222 g/mol. The number of hydrogen-bond donors (Lipinski definition) is 1. The molecular weight excluding hydrogens is 210 g/mol. The van der Waals surface area contributed by atoms with Gasteiger partial charge in [-0.25, -0.2) is 0 Å². The second-order valence-corrected chi connectivity index (χ2v) is 3.87. The lowest BCUT2D eigenvalue weighted by Gasteiger charge is -2.10. The Morgan fingerprint density at radius 1 is 1.27 bits per heavy atom. The highest BCUT2D eigenvalue weighted by molar-refractivity contribution is 6.31. The van der Waals surface area contributed by atoms with Crippen molar-refractivity contribution in [1.82, 2.24) is 0 Å². The quantitative estimate of drug-likeness (QED) is 0.865. The van der Waals surface area contributed by atoms with Gasteiger partial charge in [0, 0.05) is 16.6 Å².